The van der Waals surface area contributed by atoms with Crippen LogP contribution in [0.3, 0.4) is 0 Å². The molecule has 1 aromatic rings. The Hall–Kier alpha value is -0.830. The SMILES string of the molecule is CCC1(CNCc2c(C)nn(C)c2C)CCC1. The second kappa shape index (κ2) is 4.81. The van der Waals surface area contributed by atoms with Crippen molar-refractivity contribution in [3.05, 3.63) is 17.0 Å². The van der Waals surface area contributed by atoms with Crippen LogP contribution in [0.4, 0.5) is 0 Å². The van der Waals surface area contributed by atoms with Crippen molar-refractivity contribution in [3.63, 3.8) is 0 Å². The highest BCUT2D eigenvalue weighted by molar-refractivity contribution is 5.24. The van der Waals surface area contributed by atoms with Gasteiger partial charge in [0.15, 0.2) is 0 Å². The van der Waals surface area contributed by atoms with Crippen molar-refractivity contribution in [2.45, 2.75) is 53.0 Å². The third kappa shape index (κ3) is 2.39. The molecule has 3 heteroatoms. The van der Waals surface area contributed by atoms with E-state index in [2.05, 4.69) is 31.2 Å². The Morgan fingerprint density at radius 3 is 2.47 bits per heavy atom. The van der Waals surface area contributed by atoms with Crippen molar-refractivity contribution >= 4 is 0 Å². The van der Waals surface area contributed by atoms with Gasteiger partial charge in [0.05, 0.1) is 5.69 Å². The summed E-state index contributed by atoms with van der Waals surface area (Å²) in [5.74, 6) is 0. The summed E-state index contributed by atoms with van der Waals surface area (Å²) in [6.45, 7) is 8.70. The Bertz CT molecular complexity index is 383. The fourth-order valence-electron chi connectivity index (χ4n) is 2.86. The van der Waals surface area contributed by atoms with E-state index in [4.69, 9.17) is 0 Å². The molecule has 0 aliphatic heterocycles. The molecule has 1 heterocycles. The lowest BCUT2D eigenvalue weighted by molar-refractivity contribution is 0.124. The van der Waals surface area contributed by atoms with Crippen LogP contribution in [0.5, 0.6) is 0 Å². The molecule has 0 unspecified atom stereocenters. The van der Waals surface area contributed by atoms with Gasteiger partial charge in [-0.15, -0.1) is 0 Å². The van der Waals surface area contributed by atoms with E-state index < -0.39 is 0 Å². The lowest BCUT2D eigenvalue weighted by Gasteiger charge is -2.41. The second-order valence-electron chi connectivity index (χ2n) is 5.58. The van der Waals surface area contributed by atoms with Crippen molar-refractivity contribution in [1.82, 2.24) is 15.1 Å². The molecule has 2 rings (SSSR count). The summed E-state index contributed by atoms with van der Waals surface area (Å²) in [5.41, 5.74) is 4.42. The van der Waals surface area contributed by atoms with Crippen molar-refractivity contribution in [2.75, 3.05) is 6.54 Å². The fourth-order valence-corrected chi connectivity index (χ4v) is 2.86. The van der Waals surface area contributed by atoms with Crippen LogP contribution in [0.2, 0.25) is 0 Å². The zero-order valence-corrected chi connectivity index (χ0v) is 11.6. The highest BCUT2D eigenvalue weighted by Gasteiger charge is 2.34. The lowest BCUT2D eigenvalue weighted by atomic mass is 9.67. The molecule has 0 bridgehead atoms. The van der Waals surface area contributed by atoms with Crippen LogP contribution < -0.4 is 5.32 Å². The first kappa shape index (κ1) is 12.6. The van der Waals surface area contributed by atoms with Crippen molar-refractivity contribution in [2.24, 2.45) is 12.5 Å². The Labute approximate surface area is 105 Å². The minimum atomic E-state index is 0.601. The third-order valence-electron chi connectivity index (χ3n) is 4.62. The molecule has 96 valence electrons. The van der Waals surface area contributed by atoms with Crippen LogP contribution in [0, 0.1) is 19.3 Å². The Kier molecular flexibility index (Phi) is 3.57. The van der Waals surface area contributed by atoms with Gasteiger partial charge in [-0.05, 0) is 38.5 Å². The van der Waals surface area contributed by atoms with E-state index in [9.17, 15) is 0 Å². The molecule has 3 nitrogen and oxygen atoms in total. The maximum absolute atomic E-state index is 4.46. The number of aryl methyl sites for hydroxylation is 2. The van der Waals surface area contributed by atoms with Crippen LogP contribution in [-0.2, 0) is 13.6 Å². The van der Waals surface area contributed by atoms with E-state index in [1.807, 2.05) is 11.7 Å². The van der Waals surface area contributed by atoms with Crippen LogP contribution in [0.1, 0.15) is 49.6 Å². The molecule has 1 aliphatic rings. The van der Waals surface area contributed by atoms with Crippen molar-refractivity contribution in [3.8, 4) is 0 Å². The minimum absolute atomic E-state index is 0.601. The summed E-state index contributed by atoms with van der Waals surface area (Å²) in [7, 11) is 2.02. The summed E-state index contributed by atoms with van der Waals surface area (Å²) in [6.07, 6.45) is 5.54. The number of aromatic nitrogens is 2. The normalized spacial score (nSPS) is 18.1. The molecule has 0 aromatic carbocycles. The predicted molar refractivity (Wildman–Crippen MR) is 71.0 cm³/mol. The van der Waals surface area contributed by atoms with Crippen LogP contribution in [0.15, 0.2) is 0 Å². The molecular formula is C14H25N3. The maximum Gasteiger partial charge on any atom is 0.0641 e. The van der Waals surface area contributed by atoms with E-state index in [-0.39, 0.29) is 0 Å². The Balaban J connectivity index is 1.90. The zero-order chi connectivity index (χ0) is 12.5. The zero-order valence-electron chi connectivity index (χ0n) is 11.6. The summed E-state index contributed by atoms with van der Waals surface area (Å²) in [4.78, 5) is 0. The Morgan fingerprint density at radius 2 is 2.06 bits per heavy atom. The van der Waals surface area contributed by atoms with Gasteiger partial charge in [-0.3, -0.25) is 4.68 Å². The van der Waals surface area contributed by atoms with Gasteiger partial charge >= 0.3 is 0 Å². The van der Waals surface area contributed by atoms with Gasteiger partial charge in [-0.25, -0.2) is 0 Å². The average molecular weight is 235 g/mol. The van der Waals surface area contributed by atoms with E-state index in [0.717, 1.165) is 18.8 Å². The average Bonchev–Trinajstić information content (AvgIpc) is 2.48. The van der Waals surface area contributed by atoms with Crippen molar-refractivity contribution in [1.29, 1.82) is 0 Å². The highest BCUT2D eigenvalue weighted by Crippen LogP contribution is 2.43. The molecular weight excluding hydrogens is 210 g/mol. The molecule has 0 spiro atoms. The first-order chi connectivity index (χ1) is 8.08. The largest absolute Gasteiger partial charge is 0.312 e. The molecule has 0 radical (unpaired) electrons. The standard InChI is InChI=1S/C14H25N3/c1-5-14(7-6-8-14)10-15-9-13-11(2)16-17(4)12(13)3/h15H,5-10H2,1-4H3. The Morgan fingerprint density at radius 1 is 1.35 bits per heavy atom. The number of nitrogens with one attached hydrogen (secondary N) is 1. The summed E-state index contributed by atoms with van der Waals surface area (Å²) < 4.78 is 1.98. The third-order valence-corrected chi connectivity index (χ3v) is 4.62. The first-order valence-electron chi connectivity index (χ1n) is 6.78. The fraction of sp³-hybridized carbons (Fsp3) is 0.786. The number of rotatable bonds is 5. The second-order valence-corrected chi connectivity index (χ2v) is 5.58. The van der Waals surface area contributed by atoms with Crippen molar-refractivity contribution < 1.29 is 0 Å². The van der Waals surface area contributed by atoms with Gasteiger partial charge in [-0.1, -0.05) is 13.3 Å². The van der Waals surface area contributed by atoms with Crippen LogP contribution >= 0.6 is 0 Å². The molecule has 0 atom stereocenters. The van der Waals surface area contributed by atoms with Gasteiger partial charge in [0.1, 0.15) is 0 Å². The highest BCUT2D eigenvalue weighted by atomic mass is 15.3. The van der Waals surface area contributed by atoms with Crippen LogP contribution in [-0.4, -0.2) is 16.3 Å². The van der Waals surface area contributed by atoms with Gasteiger partial charge < -0.3 is 5.32 Å². The minimum Gasteiger partial charge on any atom is -0.312 e. The van der Waals surface area contributed by atoms with E-state index >= 15 is 0 Å². The van der Waals surface area contributed by atoms with Gasteiger partial charge in [0.25, 0.3) is 0 Å². The van der Waals surface area contributed by atoms with E-state index in [1.54, 1.807) is 0 Å². The molecule has 0 saturated heterocycles. The molecule has 1 fully saturated rings. The maximum atomic E-state index is 4.46. The topological polar surface area (TPSA) is 29.9 Å². The predicted octanol–water partition coefficient (Wildman–Crippen LogP) is 2.71. The molecule has 0 amide bonds. The van der Waals surface area contributed by atoms with E-state index in [0.29, 0.717) is 5.41 Å². The lowest BCUT2D eigenvalue weighted by Crippen LogP contribution is -2.39. The van der Waals surface area contributed by atoms with Gasteiger partial charge in [0.2, 0.25) is 0 Å². The first-order valence-corrected chi connectivity index (χ1v) is 6.78. The van der Waals surface area contributed by atoms with Gasteiger partial charge in [0, 0.05) is 31.4 Å². The number of hydrogen-bond donors (Lipinski definition) is 1. The molecule has 17 heavy (non-hydrogen) atoms. The van der Waals surface area contributed by atoms with Gasteiger partial charge in [-0.2, -0.15) is 5.10 Å². The smallest absolute Gasteiger partial charge is 0.0641 e. The molecule has 1 aliphatic carbocycles. The quantitative estimate of drug-likeness (QED) is 0.850. The summed E-state index contributed by atoms with van der Waals surface area (Å²) >= 11 is 0. The summed E-state index contributed by atoms with van der Waals surface area (Å²) in [5, 5.41) is 8.09. The molecule has 1 aromatic heterocycles. The molecule has 1 N–H and O–H groups in total. The van der Waals surface area contributed by atoms with E-state index in [1.165, 1.54) is 36.9 Å². The summed E-state index contributed by atoms with van der Waals surface area (Å²) in [6, 6.07) is 0. The monoisotopic (exact) mass is 235 g/mol. The number of nitrogens with zero attached hydrogens (tertiary/aromatic N) is 2. The molecule has 1 saturated carbocycles. The van der Waals surface area contributed by atoms with Crippen LogP contribution in [0.25, 0.3) is 0 Å². The number of hydrogen-bond acceptors (Lipinski definition) is 2.